The van der Waals surface area contributed by atoms with Crippen LogP contribution in [0, 0.1) is 0 Å². The van der Waals surface area contributed by atoms with Crippen molar-refractivity contribution in [3.05, 3.63) is 59.1 Å². The first-order chi connectivity index (χ1) is 13.6. The highest BCUT2D eigenvalue weighted by Gasteiger charge is 2.35. The number of carbonyl (C=O) groups is 1. The highest BCUT2D eigenvalue weighted by atomic mass is 35.5. The van der Waals surface area contributed by atoms with Gasteiger partial charge in [0.15, 0.2) is 0 Å². The molecule has 2 aliphatic rings. The summed E-state index contributed by atoms with van der Waals surface area (Å²) in [5, 5.41) is 8.53. The monoisotopic (exact) mass is 393 g/mol. The molecule has 0 saturated carbocycles. The molecule has 144 valence electrons. The van der Waals surface area contributed by atoms with Gasteiger partial charge in [0.1, 0.15) is 0 Å². The SMILES string of the molecule is Cn1c(-c2ccccc2)c(C(=O)NC2C[C@H]3CC[C@@H](C2)N3)c2cc(Cl)ccc21. The van der Waals surface area contributed by atoms with Crippen LogP contribution in [0.2, 0.25) is 5.02 Å². The Morgan fingerprint density at radius 1 is 1.11 bits per heavy atom. The van der Waals surface area contributed by atoms with Gasteiger partial charge in [0.05, 0.1) is 11.3 Å². The van der Waals surface area contributed by atoms with Gasteiger partial charge in [-0.2, -0.15) is 0 Å². The number of hydrogen-bond donors (Lipinski definition) is 2. The van der Waals surface area contributed by atoms with Crippen LogP contribution in [0.1, 0.15) is 36.0 Å². The van der Waals surface area contributed by atoms with E-state index in [2.05, 4.69) is 27.3 Å². The van der Waals surface area contributed by atoms with Gasteiger partial charge in [0.2, 0.25) is 0 Å². The largest absolute Gasteiger partial charge is 0.349 e. The van der Waals surface area contributed by atoms with Gasteiger partial charge in [0.25, 0.3) is 5.91 Å². The van der Waals surface area contributed by atoms with Crippen molar-refractivity contribution in [3.8, 4) is 11.3 Å². The van der Waals surface area contributed by atoms with Gasteiger partial charge in [-0.15, -0.1) is 0 Å². The maximum atomic E-state index is 13.5. The summed E-state index contributed by atoms with van der Waals surface area (Å²) in [7, 11) is 2.01. The highest BCUT2D eigenvalue weighted by molar-refractivity contribution is 6.31. The van der Waals surface area contributed by atoms with Gasteiger partial charge in [-0.1, -0.05) is 41.9 Å². The first-order valence-electron chi connectivity index (χ1n) is 10.0. The van der Waals surface area contributed by atoms with Gasteiger partial charge in [-0.05, 0) is 49.4 Å². The number of amides is 1. The van der Waals surface area contributed by atoms with Crippen molar-refractivity contribution < 1.29 is 4.79 Å². The molecule has 5 rings (SSSR count). The van der Waals surface area contributed by atoms with Crippen LogP contribution < -0.4 is 10.6 Å². The number of piperidine rings is 1. The second-order valence-electron chi connectivity index (χ2n) is 8.09. The number of aryl methyl sites for hydroxylation is 1. The Kier molecular flexibility index (Phi) is 4.41. The molecule has 0 radical (unpaired) electrons. The third-order valence-corrected chi connectivity index (χ3v) is 6.48. The Labute approximate surface area is 169 Å². The van der Waals surface area contributed by atoms with Crippen LogP contribution in [0.5, 0.6) is 0 Å². The number of hydrogen-bond acceptors (Lipinski definition) is 2. The summed E-state index contributed by atoms with van der Waals surface area (Å²) in [5.41, 5.74) is 3.70. The van der Waals surface area contributed by atoms with E-state index in [1.165, 1.54) is 12.8 Å². The second-order valence-corrected chi connectivity index (χ2v) is 8.53. The lowest BCUT2D eigenvalue weighted by atomic mass is 9.98. The zero-order chi connectivity index (χ0) is 19.3. The first-order valence-corrected chi connectivity index (χ1v) is 10.4. The van der Waals surface area contributed by atoms with Crippen molar-refractivity contribution in [1.29, 1.82) is 0 Å². The molecule has 3 atom stereocenters. The molecule has 0 aliphatic carbocycles. The van der Waals surface area contributed by atoms with E-state index in [-0.39, 0.29) is 11.9 Å². The van der Waals surface area contributed by atoms with Crippen molar-refractivity contribution in [2.24, 2.45) is 7.05 Å². The van der Waals surface area contributed by atoms with Crippen molar-refractivity contribution >= 4 is 28.4 Å². The summed E-state index contributed by atoms with van der Waals surface area (Å²) in [4.78, 5) is 13.5. The average molecular weight is 394 g/mol. The average Bonchev–Trinajstić information content (AvgIpc) is 3.18. The predicted molar refractivity (Wildman–Crippen MR) is 114 cm³/mol. The third-order valence-electron chi connectivity index (χ3n) is 6.24. The lowest BCUT2D eigenvalue weighted by Crippen LogP contribution is -2.48. The fourth-order valence-corrected chi connectivity index (χ4v) is 5.19. The molecule has 3 aromatic rings. The van der Waals surface area contributed by atoms with E-state index in [0.717, 1.165) is 40.6 Å². The number of nitrogens with zero attached hydrogens (tertiary/aromatic N) is 1. The lowest BCUT2D eigenvalue weighted by Gasteiger charge is -2.29. The zero-order valence-electron chi connectivity index (χ0n) is 15.9. The molecule has 2 N–H and O–H groups in total. The number of carbonyl (C=O) groups excluding carboxylic acids is 1. The van der Waals surface area contributed by atoms with Gasteiger partial charge in [-0.3, -0.25) is 4.79 Å². The van der Waals surface area contributed by atoms with E-state index in [1.54, 1.807) is 0 Å². The Morgan fingerprint density at radius 2 is 1.82 bits per heavy atom. The molecule has 1 aromatic heterocycles. The molecule has 3 heterocycles. The van der Waals surface area contributed by atoms with Gasteiger partial charge < -0.3 is 15.2 Å². The number of aromatic nitrogens is 1. The Morgan fingerprint density at radius 3 is 2.54 bits per heavy atom. The molecule has 2 aromatic carbocycles. The quantitative estimate of drug-likeness (QED) is 0.687. The van der Waals surface area contributed by atoms with Gasteiger partial charge >= 0.3 is 0 Å². The molecule has 1 unspecified atom stereocenters. The Balaban J connectivity index is 1.59. The van der Waals surface area contributed by atoms with Crippen LogP contribution in [0.3, 0.4) is 0 Å². The number of benzene rings is 2. The van der Waals surface area contributed by atoms with E-state index in [4.69, 9.17) is 11.6 Å². The lowest BCUT2D eigenvalue weighted by molar-refractivity contribution is 0.0926. The van der Waals surface area contributed by atoms with Crippen molar-refractivity contribution in [2.75, 3.05) is 0 Å². The Bertz CT molecular complexity index is 1030. The molecule has 2 bridgehead atoms. The van der Waals surface area contributed by atoms with E-state index in [9.17, 15) is 4.79 Å². The van der Waals surface area contributed by atoms with Gasteiger partial charge in [0, 0.05) is 41.1 Å². The van der Waals surface area contributed by atoms with E-state index < -0.39 is 0 Å². The number of nitrogens with one attached hydrogen (secondary N) is 2. The van der Waals surface area contributed by atoms with Crippen LogP contribution >= 0.6 is 11.6 Å². The van der Waals surface area contributed by atoms with E-state index in [0.29, 0.717) is 17.1 Å². The summed E-state index contributed by atoms with van der Waals surface area (Å²) in [5.74, 6) is -0.00183. The minimum absolute atomic E-state index is 0.00183. The summed E-state index contributed by atoms with van der Waals surface area (Å²) in [6.45, 7) is 0. The fourth-order valence-electron chi connectivity index (χ4n) is 5.01. The molecule has 2 saturated heterocycles. The first kappa shape index (κ1) is 17.8. The molecule has 1 amide bonds. The maximum absolute atomic E-state index is 13.5. The summed E-state index contributed by atoms with van der Waals surface area (Å²) in [6, 6.07) is 17.2. The fraction of sp³-hybridized carbons (Fsp3) is 0.348. The molecule has 0 spiro atoms. The molecule has 2 fully saturated rings. The summed E-state index contributed by atoms with van der Waals surface area (Å²) >= 11 is 6.29. The topological polar surface area (TPSA) is 46.1 Å². The minimum Gasteiger partial charge on any atom is -0.349 e. The molecular formula is C23H24ClN3O. The van der Waals surface area contributed by atoms with Crippen LogP contribution in [-0.2, 0) is 7.05 Å². The zero-order valence-corrected chi connectivity index (χ0v) is 16.7. The standard InChI is InChI=1S/C23H24ClN3O/c1-27-20-10-7-15(24)11-19(20)21(22(27)14-5-3-2-4-6-14)23(28)26-18-12-16-8-9-17(13-18)25-16/h2-7,10-11,16-18,25H,8-9,12-13H2,1H3,(H,26,28)/t16-,17+,18?. The van der Waals surface area contributed by atoms with E-state index >= 15 is 0 Å². The second kappa shape index (κ2) is 6.94. The maximum Gasteiger partial charge on any atom is 0.254 e. The van der Waals surface area contributed by atoms with Crippen molar-refractivity contribution in [3.63, 3.8) is 0 Å². The van der Waals surface area contributed by atoms with Crippen molar-refractivity contribution in [2.45, 2.75) is 43.8 Å². The summed E-state index contributed by atoms with van der Waals surface area (Å²) in [6.07, 6.45) is 4.45. The Hall–Kier alpha value is -2.30. The summed E-state index contributed by atoms with van der Waals surface area (Å²) < 4.78 is 2.10. The predicted octanol–water partition coefficient (Wildman–Crippen LogP) is 4.51. The van der Waals surface area contributed by atoms with E-state index in [1.807, 2.05) is 43.4 Å². The molecule has 28 heavy (non-hydrogen) atoms. The van der Waals surface area contributed by atoms with Crippen LogP contribution in [0.25, 0.3) is 22.2 Å². The van der Waals surface area contributed by atoms with Crippen molar-refractivity contribution in [1.82, 2.24) is 15.2 Å². The number of halogens is 1. The minimum atomic E-state index is -0.00183. The van der Waals surface area contributed by atoms with Crippen LogP contribution in [-0.4, -0.2) is 28.6 Å². The highest BCUT2D eigenvalue weighted by Crippen LogP contribution is 2.35. The number of fused-ring (bicyclic) bond motifs is 3. The normalized spacial score (nSPS) is 23.9. The van der Waals surface area contributed by atoms with Crippen LogP contribution in [0.15, 0.2) is 48.5 Å². The van der Waals surface area contributed by atoms with Crippen LogP contribution in [0.4, 0.5) is 0 Å². The smallest absolute Gasteiger partial charge is 0.254 e. The third kappa shape index (κ3) is 3.01. The number of rotatable bonds is 3. The molecular weight excluding hydrogens is 370 g/mol. The molecule has 4 nitrogen and oxygen atoms in total. The van der Waals surface area contributed by atoms with Gasteiger partial charge in [-0.25, -0.2) is 0 Å². The molecule has 2 aliphatic heterocycles. The molecule has 5 heteroatoms.